The van der Waals surface area contributed by atoms with Crippen LogP contribution in [0.2, 0.25) is 0 Å². The molecule has 2 aromatic rings. The molecule has 1 atom stereocenters. The summed E-state index contributed by atoms with van der Waals surface area (Å²) in [7, 11) is 0. The number of para-hydroxylation sites is 2. The Bertz CT molecular complexity index is 745. The van der Waals surface area contributed by atoms with Crippen LogP contribution in [-0.4, -0.2) is 55.2 Å². The molecule has 0 aliphatic carbocycles. The number of hydrogen-bond acceptors (Lipinski definition) is 3. The van der Waals surface area contributed by atoms with Gasteiger partial charge in [-0.05, 0) is 24.6 Å². The van der Waals surface area contributed by atoms with Crippen LogP contribution in [0.5, 0.6) is 5.75 Å². The summed E-state index contributed by atoms with van der Waals surface area (Å²) < 4.78 is 0. The van der Waals surface area contributed by atoms with Crippen LogP contribution in [0.25, 0.3) is 0 Å². The van der Waals surface area contributed by atoms with Crippen molar-refractivity contribution in [1.29, 1.82) is 0 Å². The minimum Gasteiger partial charge on any atom is -0.506 e. The van der Waals surface area contributed by atoms with Crippen molar-refractivity contribution in [2.24, 2.45) is 4.99 Å². The van der Waals surface area contributed by atoms with Crippen molar-refractivity contribution in [3.05, 3.63) is 60.2 Å². The highest BCUT2D eigenvalue weighted by molar-refractivity contribution is 14.0. The van der Waals surface area contributed by atoms with E-state index >= 15 is 0 Å². The highest BCUT2D eigenvalue weighted by atomic mass is 127. The molecule has 0 spiro atoms. The summed E-state index contributed by atoms with van der Waals surface area (Å²) >= 11 is 0. The lowest BCUT2D eigenvalue weighted by molar-refractivity contribution is 0.369. The van der Waals surface area contributed by atoms with Gasteiger partial charge in [-0.25, -0.2) is 0 Å². The maximum Gasteiger partial charge on any atom is 0.194 e. The molecule has 0 amide bonds. The molecule has 0 radical (unpaired) electrons. The fourth-order valence-corrected chi connectivity index (χ4v) is 3.43. The van der Waals surface area contributed by atoms with Crippen LogP contribution in [0.3, 0.4) is 0 Å². The second kappa shape index (κ2) is 11.1. The molecule has 2 N–H and O–H groups in total. The van der Waals surface area contributed by atoms with E-state index in [0.29, 0.717) is 11.7 Å². The number of nitrogens with zero attached hydrogens (tertiary/aromatic N) is 3. The first kappa shape index (κ1) is 22.3. The van der Waals surface area contributed by atoms with Crippen molar-refractivity contribution in [2.75, 3.05) is 44.2 Å². The van der Waals surface area contributed by atoms with Crippen molar-refractivity contribution < 1.29 is 5.11 Å². The van der Waals surface area contributed by atoms with Crippen molar-refractivity contribution in [2.45, 2.75) is 19.8 Å². The fraction of sp³-hybridized carbons (Fsp3) is 0.409. The first-order valence-corrected chi connectivity index (χ1v) is 9.80. The van der Waals surface area contributed by atoms with E-state index in [9.17, 15) is 5.11 Å². The maximum atomic E-state index is 10.1. The number of guanidine groups is 1. The Hall–Kier alpha value is -1.96. The molecular formula is C22H31IN4O. The Balaban J connectivity index is 0.00000280. The lowest BCUT2D eigenvalue weighted by Gasteiger charge is -2.38. The monoisotopic (exact) mass is 494 g/mol. The first-order valence-electron chi connectivity index (χ1n) is 9.80. The summed E-state index contributed by atoms with van der Waals surface area (Å²) in [5.41, 5.74) is 2.23. The number of rotatable bonds is 5. The molecule has 152 valence electrons. The lowest BCUT2D eigenvalue weighted by Crippen LogP contribution is -2.52. The number of phenols is 1. The lowest BCUT2D eigenvalue weighted by atomic mass is 10.0. The highest BCUT2D eigenvalue weighted by Gasteiger charge is 2.21. The van der Waals surface area contributed by atoms with Crippen LogP contribution in [0, 0.1) is 0 Å². The number of nitrogens with one attached hydrogen (secondary N) is 1. The average Bonchev–Trinajstić information content (AvgIpc) is 2.72. The van der Waals surface area contributed by atoms with E-state index in [1.807, 2.05) is 24.3 Å². The van der Waals surface area contributed by atoms with Crippen molar-refractivity contribution in [3.8, 4) is 5.75 Å². The smallest absolute Gasteiger partial charge is 0.194 e. The van der Waals surface area contributed by atoms with E-state index in [0.717, 1.165) is 50.9 Å². The number of benzene rings is 2. The van der Waals surface area contributed by atoms with Gasteiger partial charge in [0, 0.05) is 45.2 Å². The number of halogens is 1. The van der Waals surface area contributed by atoms with E-state index in [1.165, 1.54) is 5.56 Å². The standard InChI is InChI=1S/C22H30N4O.HI/c1-3-23-22(24-17-18(2)19-9-5-4-6-10-19)26-15-13-25(14-16-26)20-11-7-8-12-21(20)27;/h4-12,18,27H,3,13-17H2,1-2H3,(H,23,24);1H. The number of aliphatic imine (C=N–C) groups is 1. The van der Waals surface area contributed by atoms with Crippen LogP contribution in [0.15, 0.2) is 59.6 Å². The fourth-order valence-electron chi connectivity index (χ4n) is 3.43. The van der Waals surface area contributed by atoms with Crippen molar-refractivity contribution in [1.82, 2.24) is 10.2 Å². The molecule has 0 saturated carbocycles. The molecule has 1 unspecified atom stereocenters. The van der Waals surface area contributed by atoms with Crippen LogP contribution >= 0.6 is 24.0 Å². The summed E-state index contributed by atoms with van der Waals surface area (Å²) in [6, 6.07) is 18.1. The molecule has 6 heteroatoms. The van der Waals surface area contributed by atoms with E-state index < -0.39 is 0 Å². The molecule has 2 aromatic carbocycles. The zero-order chi connectivity index (χ0) is 19.1. The second-order valence-corrected chi connectivity index (χ2v) is 6.97. The summed E-state index contributed by atoms with van der Waals surface area (Å²) in [5, 5.41) is 13.5. The SMILES string of the molecule is CCNC(=NCC(C)c1ccccc1)N1CCN(c2ccccc2O)CC1.I. The number of phenolic OH excluding ortho intramolecular Hbond substituents is 1. The van der Waals surface area contributed by atoms with Crippen LogP contribution in [0.1, 0.15) is 25.3 Å². The van der Waals surface area contributed by atoms with Gasteiger partial charge >= 0.3 is 0 Å². The van der Waals surface area contributed by atoms with Gasteiger partial charge in [-0.3, -0.25) is 4.99 Å². The molecule has 1 saturated heterocycles. The maximum absolute atomic E-state index is 10.1. The van der Waals surface area contributed by atoms with Crippen LogP contribution in [-0.2, 0) is 0 Å². The Morgan fingerprint density at radius 3 is 2.32 bits per heavy atom. The van der Waals surface area contributed by atoms with Crippen LogP contribution < -0.4 is 10.2 Å². The predicted octanol–water partition coefficient (Wildman–Crippen LogP) is 3.90. The third kappa shape index (κ3) is 5.77. The van der Waals surface area contributed by atoms with Gasteiger partial charge in [0.1, 0.15) is 5.75 Å². The van der Waals surface area contributed by atoms with E-state index in [2.05, 4.69) is 53.2 Å². The predicted molar refractivity (Wildman–Crippen MR) is 128 cm³/mol. The second-order valence-electron chi connectivity index (χ2n) is 6.97. The first-order chi connectivity index (χ1) is 13.2. The Morgan fingerprint density at radius 1 is 1.04 bits per heavy atom. The minimum absolute atomic E-state index is 0. The summed E-state index contributed by atoms with van der Waals surface area (Å²) in [4.78, 5) is 9.45. The van der Waals surface area contributed by atoms with Crippen molar-refractivity contribution >= 4 is 35.6 Å². The molecule has 5 nitrogen and oxygen atoms in total. The van der Waals surface area contributed by atoms with E-state index in [1.54, 1.807) is 6.07 Å². The Labute approximate surface area is 185 Å². The normalized spacial score (nSPS) is 15.7. The van der Waals surface area contributed by atoms with E-state index in [-0.39, 0.29) is 24.0 Å². The van der Waals surface area contributed by atoms with Crippen molar-refractivity contribution in [3.63, 3.8) is 0 Å². The Kier molecular flexibility index (Phi) is 8.89. The molecule has 3 rings (SSSR count). The average molecular weight is 494 g/mol. The van der Waals surface area contributed by atoms with E-state index in [4.69, 9.17) is 4.99 Å². The third-order valence-corrected chi connectivity index (χ3v) is 5.02. The van der Waals surface area contributed by atoms with Gasteiger partial charge in [-0.1, -0.05) is 49.4 Å². The van der Waals surface area contributed by atoms with Gasteiger partial charge in [0.05, 0.1) is 5.69 Å². The summed E-state index contributed by atoms with van der Waals surface area (Å²) in [5.74, 6) is 1.72. The minimum atomic E-state index is 0. The molecule has 0 bridgehead atoms. The molecule has 1 fully saturated rings. The molecule has 1 aliphatic heterocycles. The van der Waals surface area contributed by atoms with Gasteiger partial charge in [-0.2, -0.15) is 0 Å². The van der Waals surface area contributed by atoms with Gasteiger partial charge in [0.2, 0.25) is 0 Å². The summed E-state index contributed by atoms with van der Waals surface area (Å²) in [6.07, 6.45) is 0. The molecule has 1 aliphatic rings. The van der Waals surface area contributed by atoms with Gasteiger partial charge in [0.25, 0.3) is 0 Å². The molecule has 1 heterocycles. The third-order valence-electron chi connectivity index (χ3n) is 5.02. The molecule has 0 aromatic heterocycles. The number of hydrogen-bond donors (Lipinski definition) is 2. The van der Waals surface area contributed by atoms with Gasteiger partial charge in [0.15, 0.2) is 5.96 Å². The van der Waals surface area contributed by atoms with Crippen LogP contribution in [0.4, 0.5) is 5.69 Å². The number of aromatic hydroxyl groups is 1. The quantitative estimate of drug-likeness (QED) is 0.376. The molecule has 28 heavy (non-hydrogen) atoms. The zero-order valence-electron chi connectivity index (χ0n) is 16.7. The largest absolute Gasteiger partial charge is 0.506 e. The van der Waals surface area contributed by atoms with Gasteiger partial charge in [-0.15, -0.1) is 24.0 Å². The number of anilines is 1. The summed E-state index contributed by atoms with van der Waals surface area (Å²) in [6.45, 7) is 9.48. The highest BCUT2D eigenvalue weighted by Crippen LogP contribution is 2.27. The van der Waals surface area contributed by atoms with Gasteiger partial charge < -0.3 is 20.2 Å². The molecular weight excluding hydrogens is 463 g/mol. The number of piperazine rings is 1. The Morgan fingerprint density at radius 2 is 1.68 bits per heavy atom. The zero-order valence-corrected chi connectivity index (χ0v) is 19.0. The topological polar surface area (TPSA) is 51.1 Å².